The largest absolute Gasteiger partial charge is 0.340 e. The normalized spacial score (nSPS) is 23.6. The molecule has 2 fully saturated rings. The third-order valence-corrected chi connectivity index (χ3v) is 5.42. The highest BCUT2D eigenvalue weighted by atomic mass is 16.2. The van der Waals surface area contributed by atoms with Gasteiger partial charge in [0.25, 0.3) is 0 Å². The van der Waals surface area contributed by atoms with Crippen LogP contribution < -0.4 is 5.32 Å². The Morgan fingerprint density at radius 1 is 1.12 bits per heavy atom. The third kappa shape index (κ3) is 4.03. The Kier molecular flexibility index (Phi) is 5.42. The average molecular weight is 343 g/mol. The van der Waals surface area contributed by atoms with Gasteiger partial charge in [0, 0.05) is 31.9 Å². The number of benzene rings is 1. The zero-order chi connectivity index (χ0) is 18.0. The molecule has 1 aliphatic carbocycles. The molecule has 2 amide bonds. The van der Waals surface area contributed by atoms with E-state index in [0.717, 1.165) is 44.0 Å². The number of nitrogens with zero attached hydrogens (tertiary/aromatic N) is 2. The van der Waals surface area contributed by atoms with Crippen molar-refractivity contribution in [1.82, 2.24) is 9.80 Å². The van der Waals surface area contributed by atoms with Gasteiger partial charge in [0.1, 0.15) is 0 Å². The van der Waals surface area contributed by atoms with Crippen molar-refractivity contribution in [2.24, 2.45) is 11.8 Å². The second-order valence-corrected chi connectivity index (χ2v) is 7.44. The lowest BCUT2D eigenvalue weighted by atomic mass is 10.0. The molecular weight excluding hydrogens is 314 g/mol. The fourth-order valence-electron chi connectivity index (χ4n) is 3.62. The van der Waals surface area contributed by atoms with E-state index in [9.17, 15) is 9.59 Å². The van der Waals surface area contributed by atoms with Crippen LogP contribution in [0.15, 0.2) is 24.3 Å². The first-order valence-electron chi connectivity index (χ1n) is 9.42. The minimum Gasteiger partial charge on any atom is -0.340 e. The summed E-state index contributed by atoms with van der Waals surface area (Å²) in [7, 11) is 0. The van der Waals surface area contributed by atoms with Gasteiger partial charge in [-0.3, -0.25) is 9.59 Å². The van der Waals surface area contributed by atoms with Gasteiger partial charge in [0.2, 0.25) is 11.8 Å². The second-order valence-electron chi connectivity index (χ2n) is 7.44. The molecule has 1 aromatic rings. The molecule has 0 spiro atoms. The Morgan fingerprint density at radius 2 is 1.80 bits per heavy atom. The molecule has 1 saturated carbocycles. The zero-order valence-corrected chi connectivity index (χ0v) is 15.5. The summed E-state index contributed by atoms with van der Waals surface area (Å²) >= 11 is 0. The van der Waals surface area contributed by atoms with E-state index < -0.39 is 0 Å². The highest BCUT2D eigenvalue weighted by molar-refractivity contribution is 6.00. The molecule has 136 valence electrons. The van der Waals surface area contributed by atoms with Crippen LogP contribution in [-0.2, 0) is 9.59 Å². The molecule has 3 rings (SSSR count). The molecule has 1 saturated heterocycles. The molecule has 5 heteroatoms. The SMILES string of the molecule is CCN1CCN(C(=O)C2CC2C(=O)Nc2ccccc2C(C)C)CC1. The average Bonchev–Trinajstić information content (AvgIpc) is 3.42. The Labute approximate surface area is 150 Å². The summed E-state index contributed by atoms with van der Waals surface area (Å²) in [4.78, 5) is 29.5. The first kappa shape index (κ1) is 17.9. The number of hydrogen-bond acceptors (Lipinski definition) is 3. The monoisotopic (exact) mass is 343 g/mol. The maximum atomic E-state index is 12.6. The van der Waals surface area contributed by atoms with Crippen molar-refractivity contribution in [3.63, 3.8) is 0 Å². The van der Waals surface area contributed by atoms with Crippen molar-refractivity contribution in [1.29, 1.82) is 0 Å². The maximum absolute atomic E-state index is 12.6. The lowest BCUT2D eigenvalue weighted by molar-refractivity contribution is -0.135. The van der Waals surface area contributed by atoms with Crippen molar-refractivity contribution in [3.05, 3.63) is 29.8 Å². The molecule has 5 nitrogen and oxygen atoms in total. The molecule has 1 heterocycles. The minimum absolute atomic E-state index is 0.0151. The number of para-hydroxylation sites is 1. The number of hydrogen-bond donors (Lipinski definition) is 1. The fraction of sp³-hybridized carbons (Fsp3) is 0.600. The van der Waals surface area contributed by atoms with Gasteiger partial charge in [0.05, 0.1) is 11.8 Å². The lowest BCUT2D eigenvalue weighted by Gasteiger charge is -2.34. The van der Waals surface area contributed by atoms with E-state index in [-0.39, 0.29) is 23.7 Å². The molecule has 1 aromatic carbocycles. The zero-order valence-electron chi connectivity index (χ0n) is 15.5. The van der Waals surface area contributed by atoms with Gasteiger partial charge in [-0.2, -0.15) is 0 Å². The minimum atomic E-state index is -0.170. The van der Waals surface area contributed by atoms with Crippen LogP contribution in [0, 0.1) is 11.8 Å². The number of rotatable bonds is 5. The van der Waals surface area contributed by atoms with Gasteiger partial charge in [-0.1, -0.05) is 39.0 Å². The summed E-state index contributed by atoms with van der Waals surface area (Å²) in [6.07, 6.45) is 0.683. The first-order valence-corrected chi connectivity index (χ1v) is 9.42. The Balaban J connectivity index is 1.55. The van der Waals surface area contributed by atoms with Crippen molar-refractivity contribution >= 4 is 17.5 Å². The second kappa shape index (κ2) is 7.56. The number of amides is 2. The standard InChI is InChI=1S/C20H29N3O2/c1-4-22-9-11-23(12-10-22)20(25)17-13-16(17)19(24)21-18-8-6-5-7-15(18)14(2)3/h5-8,14,16-17H,4,9-13H2,1-3H3,(H,21,24). The van der Waals surface area contributed by atoms with Crippen LogP contribution in [0.1, 0.15) is 38.7 Å². The summed E-state index contributed by atoms with van der Waals surface area (Å²) in [5, 5.41) is 3.04. The van der Waals surface area contributed by atoms with Crippen LogP contribution in [0.5, 0.6) is 0 Å². The molecule has 0 bridgehead atoms. The van der Waals surface area contributed by atoms with Crippen molar-refractivity contribution in [2.45, 2.75) is 33.1 Å². The molecular formula is C20H29N3O2. The predicted octanol–water partition coefficient (Wildman–Crippen LogP) is 2.55. The van der Waals surface area contributed by atoms with Crippen LogP contribution in [0.4, 0.5) is 5.69 Å². The van der Waals surface area contributed by atoms with Crippen molar-refractivity contribution in [3.8, 4) is 0 Å². The summed E-state index contributed by atoms with van der Waals surface area (Å²) in [5.74, 6) is 0.200. The van der Waals surface area contributed by atoms with E-state index in [4.69, 9.17) is 0 Å². The van der Waals surface area contributed by atoms with Crippen LogP contribution in [0.3, 0.4) is 0 Å². The number of nitrogens with one attached hydrogen (secondary N) is 1. The van der Waals surface area contributed by atoms with Crippen LogP contribution >= 0.6 is 0 Å². The van der Waals surface area contributed by atoms with E-state index in [1.165, 1.54) is 0 Å². The smallest absolute Gasteiger partial charge is 0.228 e. The molecule has 0 radical (unpaired) electrons. The highest BCUT2D eigenvalue weighted by Gasteiger charge is 2.49. The fourth-order valence-corrected chi connectivity index (χ4v) is 3.62. The molecule has 2 aliphatic rings. The van der Waals surface area contributed by atoms with E-state index in [1.54, 1.807) is 0 Å². The van der Waals surface area contributed by atoms with E-state index in [0.29, 0.717) is 12.3 Å². The van der Waals surface area contributed by atoms with E-state index in [1.807, 2.05) is 29.2 Å². The topological polar surface area (TPSA) is 52.7 Å². The maximum Gasteiger partial charge on any atom is 0.228 e. The van der Waals surface area contributed by atoms with Crippen LogP contribution in [0.2, 0.25) is 0 Å². The number of carbonyl (C=O) groups is 2. The summed E-state index contributed by atoms with van der Waals surface area (Å²) in [6.45, 7) is 10.9. The molecule has 1 N–H and O–H groups in total. The van der Waals surface area contributed by atoms with E-state index >= 15 is 0 Å². The van der Waals surface area contributed by atoms with Crippen molar-refractivity contribution in [2.75, 3.05) is 38.0 Å². The number of likely N-dealkylation sites (N-methyl/N-ethyl adjacent to an activating group) is 1. The predicted molar refractivity (Wildman–Crippen MR) is 99.5 cm³/mol. The van der Waals surface area contributed by atoms with Gasteiger partial charge < -0.3 is 15.1 Å². The number of piperazine rings is 1. The van der Waals surface area contributed by atoms with Gasteiger partial charge in [-0.25, -0.2) is 0 Å². The third-order valence-electron chi connectivity index (χ3n) is 5.42. The summed E-state index contributed by atoms with van der Waals surface area (Å²) in [6, 6.07) is 7.91. The van der Waals surface area contributed by atoms with Gasteiger partial charge in [-0.15, -0.1) is 0 Å². The van der Waals surface area contributed by atoms with Gasteiger partial charge in [-0.05, 0) is 30.5 Å². The first-order chi connectivity index (χ1) is 12.0. The molecule has 25 heavy (non-hydrogen) atoms. The van der Waals surface area contributed by atoms with Crippen LogP contribution in [0.25, 0.3) is 0 Å². The number of carbonyl (C=O) groups excluding carboxylic acids is 2. The van der Waals surface area contributed by atoms with Crippen molar-refractivity contribution < 1.29 is 9.59 Å². The van der Waals surface area contributed by atoms with Crippen LogP contribution in [-0.4, -0.2) is 54.3 Å². The quantitative estimate of drug-likeness (QED) is 0.894. The molecule has 2 unspecified atom stereocenters. The Hall–Kier alpha value is -1.88. The summed E-state index contributed by atoms with van der Waals surface area (Å²) < 4.78 is 0. The highest BCUT2D eigenvalue weighted by Crippen LogP contribution is 2.41. The molecule has 0 aromatic heterocycles. The van der Waals surface area contributed by atoms with Gasteiger partial charge in [0.15, 0.2) is 0 Å². The van der Waals surface area contributed by atoms with E-state index in [2.05, 4.69) is 31.0 Å². The molecule has 2 atom stereocenters. The summed E-state index contributed by atoms with van der Waals surface area (Å²) in [5.41, 5.74) is 2.01. The molecule has 1 aliphatic heterocycles. The Bertz CT molecular complexity index is 636. The Morgan fingerprint density at radius 3 is 2.44 bits per heavy atom. The lowest BCUT2D eigenvalue weighted by Crippen LogP contribution is -2.49. The van der Waals surface area contributed by atoms with Gasteiger partial charge >= 0.3 is 0 Å². The number of anilines is 1.